The van der Waals surface area contributed by atoms with Gasteiger partial charge in [-0.3, -0.25) is 0 Å². The average Bonchev–Trinajstić information content (AvgIpc) is 2.22. The summed E-state index contributed by atoms with van der Waals surface area (Å²) in [5, 5.41) is 7.96. The summed E-state index contributed by atoms with van der Waals surface area (Å²) in [6.45, 7) is 1.96. The monoisotopic (exact) mass is 306 g/mol. The second-order valence-corrected chi connectivity index (χ2v) is 5.63. The molecule has 0 aliphatic carbocycles. The molecule has 0 spiro atoms. The molecule has 1 aromatic carbocycles. The van der Waals surface area contributed by atoms with Crippen molar-refractivity contribution < 1.29 is 4.90 Å². The molecule has 0 radical (unpaired) electrons. The van der Waals surface area contributed by atoms with E-state index in [1.165, 1.54) is 4.90 Å². The molecule has 0 aromatic heterocycles. The third kappa shape index (κ3) is 6.40. The Kier molecular flexibility index (Phi) is 6.71. The van der Waals surface area contributed by atoms with Crippen LogP contribution < -0.4 is 15.5 Å². The first-order valence-corrected chi connectivity index (χ1v) is 6.94. The zero-order valence-electron chi connectivity index (χ0n) is 10.5. The number of halogens is 2. The molecule has 0 aliphatic heterocycles. The van der Waals surface area contributed by atoms with Gasteiger partial charge in [0.1, 0.15) is 0 Å². The first-order valence-electron chi connectivity index (χ1n) is 5.77. The summed E-state index contributed by atoms with van der Waals surface area (Å²) in [6.07, 6.45) is 1.07. The molecule has 0 saturated carbocycles. The zero-order chi connectivity index (χ0) is 13.5. The second kappa shape index (κ2) is 7.79. The van der Waals surface area contributed by atoms with Gasteiger partial charge in [0.15, 0.2) is 5.11 Å². The second-order valence-electron chi connectivity index (χ2n) is 4.35. The largest absolute Gasteiger partial charge is 0.362 e. The van der Waals surface area contributed by atoms with Crippen molar-refractivity contribution in [2.75, 3.05) is 32.5 Å². The molecule has 100 valence electrons. The minimum atomic E-state index is 0.585. The standard InChI is InChI=1S/C12H17Cl2N3S/c1-17(2)5-3-4-15-12(18)16-11-7-9(13)6-10(14)8-11/h6-8H,3-5H2,1-2H3,(H2,15,16,18)/p+1. The van der Waals surface area contributed by atoms with Gasteiger partial charge in [-0.25, -0.2) is 0 Å². The molecule has 0 aliphatic rings. The van der Waals surface area contributed by atoms with Crippen LogP contribution in [0.3, 0.4) is 0 Å². The number of hydrogen-bond donors (Lipinski definition) is 3. The van der Waals surface area contributed by atoms with Crippen LogP contribution >= 0.6 is 35.4 Å². The maximum Gasteiger partial charge on any atom is 0.170 e. The topological polar surface area (TPSA) is 28.5 Å². The van der Waals surface area contributed by atoms with Gasteiger partial charge in [0.2, 0.25) is 0 Å². The molecule has 0 unspecified atom stereocenters. The Morgan fingerprint density at radius 3 is 2.39 bits per heavy atom. The number of rotatable bonds is 5. The van der Waals surface area contributed by atoms with Gasteiger partial charge < -0.3 is 15.5 Å². The maximum atomic E-state index is 5.90. The molecule has 0 heterocycles. The van der Waals surface area contributed by atoms with E-state index in [1.54, 1.807) is 18.2 Å². The van der Waals surface area contributed by atoms with Crippen LogP contribution in [-0.4, -0.2) is 32.3 Å². The summed E-state index contributed by atoms with van der Waals surface area (Å²) in [5.41, 5.74) is 0.795. The van der Waals surface area contributed by atoms with E-state index in [-0.39, 0.29) is 0 Å². The molecule has 1 aromatic rings. The average molecular weight is 307 g/mol. The number of nitrogens with one attached hydrogen (secondary N) is 3. The van der Waals surface area contributed by atoms with Crippen molar-refractivity contribution in [3.05, 3.63) is 28.2 Å². The summed E-state index contributed by atoms with van der Waals surface area (Å²) in [6, 6.07) is 5.25. The Balaban J connectivity index is 2.35. The van der Waals surface area contributed by atoms with Crippen molar-refractivity contribution in [2.24, 2.45) is 0 Å². The van der Waals surface area contributed by atoms with Gasteiger partial charge in [-0.15, -0.1) is 0 Å². The number of quaternary nitrogens is 1. The Labute approximate surface area is 123 Å². The third-order valence-electron chi connectivity index (χ3n) is 2.26. The lowest BCUT2D eigenvalue weighted by Crippen LogP contribution is -3.05. The highest BCUT2D eigenvalue weighted by molar-refractivity contribution is 7.80. The van der Waals surface area contributed by atoms with Crippen LogP contribution in [0.5, 0.6) is 0 Å². The van der Waals surface area contributed by atoms with Crippen LogP contribution in [0.4, 0.5) is 5.69 Å². The van der Waals surface area contributed by atoms with E-state index in [0.29, 0.717) is 15.2 Å². The molecule has 3 nitrogen and oxygen atoms in total. The highest BCUT2D eigenvalue weighted by Crippen LogP contribution is 2.22. The number of thiocarbonyl (C=S) groups is 1. The fourth-order valence-corrected chi connectivity index (χ4v) is 2.19. The lowest BCUT2D eigenvalue weighted by molar-refractivity contribution is -0.858. The maximum absolute atomic E-state index is 5.90. The number of benzene rings is 1. The quantitative estimate of drug-likeness (QED) is 0.572. The molecule has 6 heteroatoms. The van der Waals surface area contributed by atoms with Crippen LogP contribution in [0.2, 0.25) is 10.0 Å². The molecule has 0 bridgehead atoms. The lowest BCUT2D eigenvalue weighted by atomic mass is 10.3. The molecular formula is C12H18Cl2N3S+. The van der Waals surface area contributed by atoms with Crippen molar-refractivity contribution in [2.45, 2.75) is 6.42 Å². The normalized spacial score (nSPS) is 10.5. The number of hydrogen-bond acceptors (Lipinski definition) is 1. The molecule has 3 N–H and O–H groups in total. The van der Waals surface area contributed by atoms with Crippen molar-refractivity contribution in [3.8, 4) is 0 Å². The van der Waals surface area contributed by atoms with Crippen molar-refractivity contribution in [1.82, 2.24) is 5.32 Å². The van der Waals surface area contributed by atoms with E-state index in [1.807, 2.05) is 0 Å². The van der Waals surface area contributed by atoms with Crippen molar-refractivity contribution >= 4 is 46.2 Å². The highest BCUT2D eigenvalue weighted by atomic mass is 35.5. The molecule has 18 heavy (non-hydrogen) atoms. The van der Waals surface area contributed by atoms with Gasteiger partial charge in [0, 0.05) is 28.7 Å². The number of anilines is 1. The zero-order valence-corrected chi connectivity index (χ0v) is 12.8. The molecule has 0 fully saturated rings. The van der Waals surface area contributed by atoms with Gasteiger partial charge >= 0.3 is 0 Å². The minimum absolute atomic E-state index is 0.585. The Morgan fingerprint density at radius 1 is 1.22 bits per heavy atom. The molecule has 0 atom stereocenters. The summed E-state index contributed by atoms with van der Waals surface area (Å²) >= 11 is 17.0. The van der Waals surface area contributed by atoms with Crippen LogP contribution in [0, 0.1) is 0 Å². The van der Waals surface area contributed by atoms with E-state index >= 15 is 0 Å². The van der Waals surface area contributed by atoms with E-state index in [2.05, 4.69) is 24.7 Å². The summed E-state index contributed by atoms with van der Waals surface area (Å²) < 4.78 is 0. The van der Waals surface area contributed by atoms with Crippen LogP contribution in [0.15, 0.2) is 18.2 Å². The Bertz CT molecular complexity index is 390. The summed E-state index contributed by atoms with van der Waals surface area (Å²) in [7, 11) is 4.26. The SMILES string of the molecule is C[NH+](C)CCCNC(=S)Nc1cc(Cl)cc(Cl)c1. The molecular weight excluding hydrogens is 289 g/mol. The third-order valence-corrected chi connectivity index (χ3v) is 2.94. The lowest BCUT2D eigenvalue weighted by Gasteiger charge is -2.12. The van der Waals surface area contributed by atoms with Gasteiger partial charge in [-0.1, -0.05) is 23.2 Å². The van der Waals surface area contributed by atoms with Crippen LogP contribution in [-0.2, 0) is 0 Å². The highest BCUT2D eigenvalue weighted by Gasteiger charge is 2.01. The van der Waals surface area contributed by atoms with Gasteiger partial charge in [-0.2, -0.15) is 0 Å². The fraction of sp³-hybridized carbons (Fsp3) is 0.417. The van der Waals surface area contributed by atoms with E-state index in [9.17, 15) is 0 Å². The Hall–Kier alpha value is -0.550. The minimum Gasteiger partial charge on any atom is -0.362 e. The van der Waals surface area contributed by atoms with Gasteiger partial charge in [0.05, 0.1) is 20.6 Å². The van der Waals surface area contributed by atoms with Crippen molar-refractivity contribution in [1.29, 1.82) is 0 Å². The van der Waals surface area contributed by atoms with Crippen LogP contribution in [0.25, 0.3) is 0 Å². The predicted octanol–water partition coefficient (Wildman–Crippen LogP) is 1.81. The fourth-order valence-electron chi connectivity index (χ4n) is 1.45. The summed E-state index contributed by atoms with van der Waals surface area (Å²) in [4.78, 5) is 1.43. The van der Waals surface area contributed by atoms with Gasteiger partial charge in [0.25, 0.3) is 0 Å². The van der Waals surface area contributed by atoms with E-state index in [4.69, 9.17) is 35.4 Å². The van der Waals surface area contributed by atoms with Crippen molar-refractivity contribution in [3.63, 3.8) is 0 Å². The smallest absolute Gasteiger partial charge is 0.170 e. The molecule has 0 amide bonds. The molecule has 1 rings (SSSR count). The predicted molar refractivity (Wildman–Crippen MR) is 83.0 cm³/mol. The summed E-state index contributed by atoms with van der Waals surface area (Å²) in [5.74, 6) is 0. The first kappa shape index (κ1) is 15.5. The van der Waals surface area contributed by atoms with E-state index in [0.717, 1.165) is 25.2 Å². The van der Waals surface area contributed by atoms with E-state index < -0.39 is 0 Å². The first-order chi connectivity index (χ1) is 8.47. The van der Waals surface area contributed by atoms with Gasteiger partial charge in [-0.05, 0) is 30.4 Å². The molecule has 0 saturated heterocycles. The Morgan fingerprint density at radius 2 is 1.83 bits per heavy atom. The van der Waals surface area contributed by atoms with Crippen LogP contribution in [0.1, 0.15) is 6.42 Å².